The molecule has 0 aromatic rings. The first kappa shape index (κ1) is 17.5. The Kier molecular flexibility index (Phi) is 12.3. The normalized spacial score (nSPS) is 19.7. The Balaban J connectivity index is 1.71. The van der Waals surface area contributed by atoms with Gasteiger partial charge in [0.05, 0.1) is 0 Å². The topological polar surface area (TPSA) is 18.5 Å². The highest BCUT2D eigenvalue weighted by molar-refractivity contribution is 9.09. The summed E-state index contributed by atoms with van der Waals surface area (Å²) in [7, 11) is 0. The minimum absolute atomic E-state index is 0.100. The lowest BCUT2D eigenvalue weighted by molar-refractivity contribution is -0.162. The standard InChI is InChI=1S/C16H31BrO2/c17-13-9-6-4-2-1-3-5-7-10-14-18-16-12-8-11-15-19-16/h16H,1-15H2/t16-/m0/s1. The van der Waals surface area contributed by atoms with Gasteiger partial charge in [-0.15, -0.1) is 0 Å². The van der Waals surface area contributed by atoms with Crippen LogP contribution in [0.25, 0.3) is 0 Å². The van der Waals surface area contributed by atoms with E-state index in [9.17, 15) is 0 Å². The second-order valence-electron chi connectivity index (χ2n) is 5.54. The maximum Gasteiger partial charge on any atom is 0.157 e. The van der Waals surface area contributed by atoms with Gasteiger partial charge in [0.1, 0.15) is 0 Å². The van der Waals surface area contributed by atoms with Gasteiger partial charge in [-0.2, -0.15) is 0 Å². The second-order valence-corrected chi connectivity index (χ2v) is 6.33. The molecule has 1 aliphatic rings. The van der Waals surface area contributed by atoms with E-state index in [-0.39, 0.29) is 6.29 Å². The van der Waals surface area contributed by atoms with Gasteiger partial charge in [-0.3, -0.25) is 0 Å². The highest BCUT2D eigenvalue weighted by atomic mass is 79.9. The molecule has 0 aromatic carbocycles. The van der Waals surface area contributed by atoms with E-state index < -0.39 is 0 Å². The Labute approximate surface area is 127 Å². The lowest BCUT2D eigenvalue weighted by atomic mass is 10.1. The van der Waals surface area contributed by atoms with Crippen molar-refractivity contribution >= 4 is 15.9 Å². The molecule has 1 heterocycles. The molecular weight excluding hydrogens is 304 g/mol. The van der Waals surface area contributed by atoms with Crippen molar-refractivity contribution in [3.05, 3.63) is 0 Å². The largest absolute Gasteiger partial charge is 0.353 e. The van der Waals surface area contributed by atoms with Gasteiger partial charge < -0.3 is 9.47 Å². The molecule has 2 nitrogen and oxygen atoms in total. The van der Waals surface area contributed by atoms with Gasteiger partial charge in [0.15, 0.2) is 6.29 Å². The van der Waals surface area contributed by atoms with Gasteiger partial charge in [-0.05, 0) is 32.1 Å². The SMILES string of the molecule is BrCCCCCCCCCCCO[C@@H]1CCCCO1. The summed E-state index contributed by atoms with van der Waals surface area (Å²) in [5.74, 6) is 0. The average molecular weight is 335 g/mol. The summed E-state index contributed by atoms with van der Waals surface area (Å²) >= 11 is 3.48. The maximum absolute atomic E-state index is 5.73. The summed E-state index contributed by atoms with van der Waals surface area (Å²) < 4.78 is 11.3. The molecule has 3 heteroatoms. The van der Waals surface area contributed by atoms with Crippen molar-refractivity contribution in [2.24, 2.45) is 0 Å². The molecule has 0 unspecified atom stereocenters. The summed E-state index contributed by atoms with van der Waals surface area (Å²) in [6, 6.07) is 0. The van der Waals surface area contributed by atoms with Crippen LogP contribution >= 0.6 is 15.9 Å². The fraction of sp³-hybridized carbons (Fsp3) is 1.00. The third-order valence-electron chi connectivity index (χ3n) is 3.72. The molecule has 0 radical (unpaired) electrons. The molecular formula is C16H31BrO2. The van der Waals surface area contributed by atoms with E-state index in [1.807, 2.05) is 0 Å². The van der Waals surface area contributed by atoms with Crippen LogP contribution in [0.5, 0.6) is 0 Å². The van der Waals surface area contributed by atoms with Crippen LogP contribution in [0, 0.1) is 0 Å². The third kappa shape index (κ3) is 10.8. The molecule has 0 aliphatic carbocycles. The van der Waals surface area contributed by atoms with E-state index in [1.54, 1.807) is 0 Å². The third-order valence-corrected chi connectivity index (χ3v) is 4.28. The molecule has 19 heavy (non-hydrogen) atoms. The van der Waals surface area contributed by atoms with E-state index in [4.69, 9.17) is 9.47 Å². The predicted molar refractivity (Wildman–Crippen MR) is 84.9 cm³/mol. The van der Waals surface area contributed by atoms with Crippen LogP contribution in [0.4, 0.5) is 0 Å². The number of hydrogen-bond acceptors (Lipinski definition) is 2. The number of ether oxygens (including phenoxy) is 2. The van der Waals surface area contributed by atoms with Crippen LogP contribution < -0.4 is 0 Å². The fourth-order valence-electron chi connectivity index (χ4n) is 2.49. The maximum atomic E-state index is 5.73. The Morgan fingerprint density at radius 3 is 2.05 bits per heavy atom. The van der Waals surface area contributed by atoms with Gasteiger partial charge in [0.25, 0.3) is 0 Å². The van der Waals surface area contributed by atoms with Crippen LogP contribution in [0.3, 0.4) is 0 Å². The minimum atomic E-state index is 0.100. The average Bonchev–Trinajstić information content (AvgIpc) is 2.46. The molecule has 1 aliphatic heterocycles. The second kappa shape index (κ2) is 13.4. The van der Waals surface area contributed by atoms with Gasteiger partial charge in [0, 0.05) is 18.5 Å². The van der Waals surface area contributed by atoms with Crippen LogP contribution in [0.1, 0.15) is 77.0 Å². The van der Waals surface area contributed by atoms with Crippen molar-refractivity contribution in [1.82, 2.24) is 0 Å². The molecule has 0 bridgehead atoms. The smallest absolute Gasteiger partial charge is 0.157 e. The number of hydrogen-bond donors (Lipinski definition) is 0. The van der Waals surface area contributed by atoms with Crippen molar-refractivity contribution in [3.63, 3.8) is 0 Å². The molecule has 0 saturated carbocycles. The van der Waals surface area contributed by atoms with Crippen molar-refractivity contribution in [1.29, 1.82) is 0 Å². The zero-order valence-corrected chi connectivity index (χ0v) is 14.0. The molecule has 0 aromatic heterocycles. The molecule has 1 fully saturated rings. The van der Waals surface area contributed by atoms with Gasteiger partial charge >= 0.3 is 0 Å². The summed E-state index contributed by atoms with van der Waals surface area (Å²) in [4.78, 5) is 0. The first-order valence-electron chi connectivity index (χ1n) is 8.22. The number of unbranched alkanes of at least 4 members (excludes halogenated alkanes) is 8. The molecule has 114 valence electrons. The first-order valence-corrected chi connectivity index (χ1v) is 9.35. The van der Waals surface area contributed by atoms with E-state index in [1.165, 1.54) is 70.6 Å². The van der Waals surface area contributed by atoms with Crippen LogP contribution in [0.2, 0.25) is 0 Å². The minimum Gasteiger partial charge on any atom is -0.353 e. The van der Waals surface area contributed by atoms with Crippen molar-refractivity contribution in [3.8, 4) is 0 Å². The van der Waals surface area contributed by atoms with E-state index >= 15 is 0 Å². The summed E-state index contributed by atoms with van der Waals surface area (Å²) in [6.07, 6.45) is 15.9. The molecule has 1 atom stereocenters. The van der Waals surface area contributed by atoms with Crippen LogP contribution in [-0.4, -0.2) is 24.8 Å². The van der Waals surface area contributed by atoms with Gasteiger partial charge in [0.2, 0.25) is 0 Å². The van der Waals surface area contributed by atoms with E-state index in [0.717, 1.165) is 25.0 Å². The van der Waals surface area contributed by atoms with Gasteiger partial charge in [-0.25, -0.2) is 0 Å². The van der Waals surface area contributed by atoms with E-state index in [2.05, 4.69) is 15.9 Å². The van der Waals surface area contributed by atoms with Crippen LogP contribution in [-0.2, 0) is 9.47 Å². The molecule has 1 rings (SSSR count). The number of alkyl halides is 1. The van der Waals surface area contributed by atoms with Crippen molar-refractivity contribution < 1.29 is 9.47 Å². The molecule has 0 spiro atoms. The Morgan fingerprint density at radius 1 is 0.842 bits per heavy atom. The summed E-state index contributed by atoms with van der Waals surface area (Å²) in [5.41, 5.74) is 0. The predicted octanol–water partition coefficient (Wildman–Crippen LogP) is 5.44. The number of halogens is 1. The summed E-state index contributed by atoms with van der Waals surface area (Å²) in [5, 5.41) is 1.16. The zero-order valence-electron chi connectivity index (χ0n) is 12.4. The highest BCUT2D eigenvalue weighted by Gasteiger charge is 2.13. The Hall–Kier alpha value is 0.400. The monoisotopic (exact) mass is 334 g/mol. The van der Waals surface area contributed by atoms with Crippen molar-refractivity contribution in [2.45, 2.75) is 83.3 Å². The fourth-order valence-corrected chi connectivity index (χ4v) is 2.89. The quantitative estimate of drug-likeness (QED) is 0.349. The van der Waals surface area contributed by atoms with E-state index in [0.29, 0.717) is 0 Å². The van der Waals surface area contributed by atoms with Gasteiger partial charge in [-0.1, -0.05) is 60.9 Å². The molecule has 0 amide bonds. The summed E-state index contributed by atoms with van der Waals surface area (Å²) in [6.45, 7) is 1.77. The van der Waals surface area contributed by atoms with Crippen LogP contribution in [0.15, 0.2) is 0 Å². The Morgan fingerprint density at radius 2 is 1.47 bits per heavy atom. The lowest BCUT2D eigenvalue weighted by Crippen LogP contribution is -2.22. The lowest BCUT2D eigenvalue weighted by Gasteiger charge is -2.22. The first-order chi connectivity index (χ1) is 9.43. The highest BCUT2D eigenvalue weighted by Crippen LogP contribution is 2.15. The molecule has 0 N–H and O–H groups in total. The van der Waals surface area contributed by atoms with Crippen molar-refractivity contribution in [2.75, 3.05) is 18.5 Å². The number of rotatable bonds is 12. The zero-order chi connectivity index (χ0) is 13.6. The molecule has 1 saturated heterocycles. The Bertz CT molecular complexity index is 182.